The summed E-state index contributed by atoms with van der Waals surface area (Å²) in [7, 11) is 0. The van der Waals surface area contributed by atoms with E-state index in [1.54, 1.807) is 60.7 Å². The number of hydrogen-bond donors (Lipinski definition) is 2. The molecule has 154 valence electrons. The van der Waals surface area contributed by atoms with Crippen molar-refractivity contribution in [1.82, 2.24) is 0 Å². The molecule has 0 aliphatic carbocycles. The lowest BCUT2D eigenvalue weighted by Gasteiger charge is -2.12. The van der Waals surface area contributed by atoms with E-state index in [9.17, 15) is 9.59 Å². The monoisotopic (exact) mass is 424 g/mol. The van der Waals surface area contributed by atoms with Gasteiger partial charge in [0.15, 0.2) is 6.61 Å². The van der Waals surface area contributed by atoms with Crippen molar-refractivity contribution in [3.05, 3.63) is 83.4 Å². The van der Waals surface area contributed by atoms with Gasteiger partial charge in [0.1, 0.15) is 11.5 Å². The molecule has 0 spiro atoms. The largest absolute Gasteiger partial charge is 0.492 e. The maximum atomic E-state index is 12.5. The van der Waals surface area contributed by atoms with E-state index in [-0.39, 0.29) is 18.4 Å². The SMILES string of the molecule is CCOc1ccccc1NC(=O)c1ccc(OCC(=O)Nc2ccccc2Cl)cc1. The van der Waals surface area contributed by atoms with Crippen molar-refractivity contribution in [2.24, 2.45) is 0 Å². The first-order valence-electron chi connectivity index (χ1n) is 9.37. The molecule has 0 unspecified atom stereocenters. The van der Waals surface area contributed by atoms with Crippen LogP contribution in [0.2, 0.25) is 5.02 Å². The van der Waals surface area contributed by atoms with Gasteiger partial charge in [0, 0.05) is 5.56 Å². The first kappa shape index (κ1) is 21.2. The molecule has 0 aliphatic rings. The van der Waals surface area contributed by atoms with Gasteiger partial charge in [0.2, 0.25) is 0 Å². The van der Waals surface area contributed by atoms with E-state index in [0.29, 0.717) is 40.1 Å². The van der Waals surface area contributed by atoms with Crippen LogP contribution < -0.4 is 20.1 Å². The molecule has 0 aromatic heterocycles. The van der Waals surface area contributed by atoms with Crippen molar-refractivity contribution in [1.29, 1.82) is 0 Å². The van der Waals surface area contributed by atoms with Crippen LogP contribution >= 0.6 is 11.6 Å². The highest BCUT2D eigenvalue weighted by Gasteiger charge is 2.11. The average Bonchev–Trinajstić information content (AvgIpc) is 2.76. The van der Waals surface area contributed by atoms with Crippen molar-refractivity contribution >= 4 is 34.8 Å². The first-order chi connectivity index (χ1) is 14.6. The Hall–Kier alpha value is -3.51. The van der Waals surface area contributed by atoms with Gasteiger partial charge in [0.25, 0.3) is 11.8 Å². The van der Waals surface area contributed by atoms with Gasteiger partial charge in [0.05, 0.1) is 23.0 Å². The molecule has 0 fully saturated rings. The van der Waals surface area contributed by atoms with Gasteiger partial charge < -0.3 is 20.1 Å². The molecule has 0 radical (unpaired) electrons. The summed E-state index contributed by atoms with van der Waals surface area (Å²) in [5, 5.41) is 5.96. The zero-order valence-corrected chi connectivity index (χ0v) is 17.1. The normalized spacial score (nSPS) is 10.2. The minimum absolute atomic E-state index is 0.182. The number of carbonyl (C=O) groups excluding carboxylic acids is 2. The third kappa shape index (κ3) is 5.75. The Bertz CT molecular complexity index is 1020. The van der Waals surface area contributed by atoms with Crippen molar-refractivity contribution in [3.63, 3.8) is 0 Å². The molecule has 0 bridgehead atoms. The Morgan fingerprint density at radius 2 is 1.50 bits per heavy atom. The minimum atomic E-state index is -0.336. The predicted molar refractivity (Wildman–Crippen MR) is 118 cm³/mol. The molecule has 3 aromatic carbocycles. The molecular formula is C23H21ClN2O4. The summed E-state index contributed by atoms with van der Waals surface area (Å²) < 4.78 is 11.0. The highest BCUT2D eigenvalue weighted by atomic mass is 35.5. The smallest absolute Gasteiger partial charge is 0.262 e. The fraction of sp³-hybridized carbons (Fsp3) is 0.130. The summed E-state index contributed by atoms with van der Waals surface area (Å²) >= 11 is 6.02. The summed E-state index contributed by atoms with van der Waals surface area (Å²) in [4.78, 5) is 24.5. The third-order valence-corrected chi connectivity index (χ3v) is 4.40. The van der Waals surface area contributed by atoms with Gasteiger partial charge in [-0.3, -0.25) is 9.59 Å². The van der Waals surface area contributed by atoms with Crippen LogP contribution in [0.1, 0.15) is 17.3 Å². The van der Waals surface area contributed by atoms with Crippen LogP contribution in [0.4, 0.5) is 11.4 Å². The van der Waals surface area contributed by atoms with Gasteiger partial charge in [-0.15, -0.1) is 0 Å². The maximum Gasteiger partial charge on any atom is 0.262 e. The quantitative estimate of drug-likeness (QED) is 0.533. The van der Waals surface area contributed by atoms with Gasteiger partial charge in [-0.1, -0.05) is 35.9 Å². The summed E-state index contributed by atoms with van der Waals surface area (Å²) in [6, 6.07) is 20.7. The molecule has 0 saturated carbocycles. The molecular weight excluding hydrogens is 404 g/mol. The van der Waals surface area contributed by atoms with E-state index in [4.69, 9.17) is 21.1 Å². The lowest BCUT2D eigenvalue weighted by atomic mass is 10.2. The van der Waals surface area contributed by atoms with Crippen LogP contribution in [0.3, 0.4) is 0 Å². The van der Waals surface area contributed by atoms with Crippen LogP contribution in [0.15, 0.2) is 72.8 Å². The van der Waals surface area contributed by atoms with Crippen LogP contribution in [0.5, 0.6) is 11.5 Å². The predicted octanol–water partition coefficient (Wildman–Crippen LogP) is 5.01. The molecule has 3 rings (SSSR count). The van der Waals surface area contributed by atoms with Crippen LogP contribution in [-0.2, 0) is 4.79 Å². The minimum Gasteiger partial charge on any atom is -0.492 e. The Kier molecular flexibility index (Phi) is 7.29. The topological polar surface area (TPSA) is 76.7 Å². The van der Waals surface area contributed by atoms with Gasteiger partial charge in [-0.25, -0.2) is 0 Å². The Morgan fingerprint density at radius 1 is 0.833 bits per heavy atom. The molecule has 0 atom stereocenters. The highest BCUT2D eigenvalue weighted by Crippen LogP contribution is 2.25. The Labute approximate surface area is 179 Å². The van der Waals surface area contributed by atoms with E-state index < -0.39 is 0 Å². The molecule has 7 heteroatoms. The fourth-order valence-electron chi connectivity index (χ4n) is 2.65. The lowest BCUT2D eigenvalue weighted by molar-refractivity contribution is -0.118. The van der Waals surface area contributed by atoms with Crippen LogP contribution in [0, 0.1) is 0 Å². The molecule has 2 amide bonds. The summed E-state index contributed by atoms with van der Waals surface area (Å²) in [6.07, 6.45) is 0. The molecule has 3 aromatic rings. The molecule has 30 heavy (non-hydrogen) atoms. The van der Waals surface area contributed by atoms with Gasteiger partial charge in [-0.2, -0.15) is 0 Å². The van der Waals surface area contributed by atoms with Crippen LogP contribution in [-0.4, -0.2) is 25.0 Å². The van der Waals surface area contributed by atoms with Gasteiger partial charge >= 0.3 is 0 Å². The number of carbonyl (C=O) groups is 2. The van der Waals surface area contributed by atoms with Crippen molar-refractivity contribution in [2.75, 3.05) is 23.8 Å². The lowest BCUT2D eigenvalue weighted by Crippen LogP contribution is -2.20. The second-order valence-electron chi connectivity index (χ2n) is 6.22. The van der Waals surface area contributed by atoms with Crippen LogP contribution in [0.25, 0.3) is 0 Å². The fourth-order valence-corrected chi connectivity index (χ4v) is 2.83. The van der Waals surface area contributed by atoms with Gasteiger partial charge in [-0.05, 0) is 55.5 Å². The van der Waals surface area contributed by atoms with Crippen molar-refractivity contribution in [3.8, 4) is 11.5 Å². The number of benzene rings is 3. The third-order valence-electron chi connectivity index (χ3n) is 4.07. The zero-order valence-electron chi connectivity index (χ0n) is 16.4. The number of amides is 2. The van der Waals surface area contributed by atoms with Crippen molar-refractivity contribution < 1.29 is 19.1 Å². The number of ether oxygens (including phenoxy) is 2. The zero-order chi connectivity index (χ0) is 21.3. The number of hydrogen-bond acceptors (Lipinski definition) is 4. The van der Waals surface area contributed by atoms with E-state index in [1.165, 1.54) is 0 Å². The molecule has 0 heterocycles. The highest BCUT2D eigenvalue weighted by molar-refractivity contribution is 6.33. The number of nitrogens with one attached hydrogen (secondary N) is 2. The second kappa shape index (κ2) is 10.3. The maximum absolute atomic E-state index is 12.5. The summed E-state index contributed by atoms with van der Waals surface area (Å²) in [5.41, 5.74) is 1.57. The standard InChI is InChI=1S/C23H21ClN2O4/c1-2-29-21-10-6-5-9-20(21)26-23(28)16-11-13-17(14-12-16)30-15-22(27)25-19-8-4-3-7-18(19)24/h3-14H,2,15H2,1H3,(H,25,27)(H,26,28). The number of anilines is 2. The Morgan fingerprint density at radius 3 is 2.20 bits per heavy atom. The van der Waals surface area contributed by atoms with E-state index in [2.05, 4.69) is 10.6 Å². The molecule has 2 N–H and O–H groups in total. The van der Waals surface area contributed by atoms with E-state index in [0.717, 1.165) is 0 Å². The average molecular weight is 425 g/mol. The summed E-state index contributed by atoms with van der Waals surface area (Å²) in [5.74, 6) is 0.469. The van der Waals surface area contributed by atoms with E-state index >= 15 is 0 Å². The second-order valence-corrected chi connectivity index (χ2v) is 6.63. The first-order valence-corrected chi connectivity index (χ1v) is 9.75. The summed E-state index contributed by atoms with van der Waals surface area (Å²) in [6.45, 7) is 2.20. The van der Waals surface area contributed by atoms with Crippen molar-refractivity contribution in [2.45, 2.75) is 6.92 Å². The van der Waals surface area contributed by atoms with E-state index in [1.807, 2.05) is 19.1 Å². The molecule has 0 aliphatic heterocycles. The Balaban J connectivity index is 1.55. The number of para-hydroxylation sites is 3. The molecule has 6 nitrogen and oxygen atoms in total. The molecule has 0 saturated heterocycles. The number of rotatable bonds is 8. The number of halogens is 1.